The van der Waals surface area contributed by atoms with E-state index >= 15 is 0 Å². The predicted molar refractivity (Wildman–Crippen MR) is 87.9 cm³/mol. The fourth-order valence-electron chi connectivity index (χ4n) is 2.63. The first-order chi connectivity index (χ1) is 11.5. The molecule has 1 amide bonds. The predicted octanol–water partition coefficient (Wildman–Crippen LogP) is 0.753. The van der Waals surface area contributed by atoms with E-state index in [1.165, 1.54) is 19.1 Å². The molecule has 0 saturated carbocycles. The van der Waals surface area contributed by atoms with Gasteiger partial charge in [0.15, 0.2) is 16.4 Å². The van der Waals surface area contributed by atoms with Crippen LogP contribution in [0.25, 0.3) is 0 Å². The van der Waals surface area contributed by atoms with Gasteiger partial charge in [0.25, 0.3) is 11.6 Å². The number of benzene rings is 1. The number of nitro benzene ring substituents is 1. The molecular formula is C15H18N2O7S. The maximum absolute atomic E-state index is 11.9. The van der Waals surface area contributed by atoms with Crippen LogP contribution in [0.3, 0.4) is 0 Å². The molecule has 1 atom stereocenters. The molecule has 1 aliphatic heterocycles. The van der Waals surface area contributed by atoms with Crippen molar-refractivity contribution < 1.29 is 27.7 Å². The number of esters is 1. The first-order valence-corrected chi connectivity index (χ1v) is 9.27. The summed E-state index contributed by atoms with van der Waals surface area (Å²) < 4.78 is 27.9. The van der Waals surface area contributed by atoms with E-state index in [0.29, 0.717) is 12.0 Å². The molecule has 0 aromatic heterocycles. The highest BCUT2D eigenvalue weighted by Crippen LogP contribution is 2.23. The number of hydrogen-bond acceptors (Lipinski definition) is 7. The van der Waals surface area contributed by atoms with Gasteiger partial charge < -0.3 is 10.1 Å². The van der Waals surface area contributed by atoms with Crippen molar-refractivity contribution in [3.8, 4) is 0 Å². The zero-order valence-electron chi connectivity index (χ0n) is 13.8. The van der Waals surface area contributed by atoms with E-state index in [1.54, 1.807) is 6.92 Å². The average Bonchev–Trinajstić information content (AvgIpc) is 2.78. The standard InChI is InChI=1S/C15H18N2O7S/c1-10-3-4-11(7-12(10)17(20)21)14(19)24-8-13(18)16-15(2)5-6-25(22,23)9-15/h3-4,7H,5-6,8-9H2,1-2H3,(H,16,18)/t15-/m1/s1. The Hall–Kier alpha value is -2.49. The Morgan fingerprint density at radius 1 is 1.40 bits per heavy atom. The minimum absolute atomic E-state index is 0.00337. The molecule has 1 heterocycles. The summed E-state index contributed by atoms with van der Waals surface area (Å²) in [5, 5.41) is 13.4. The lowest BCUT2D eigenvalue weighted by molar-refractivity contribution is -0.385. The number of nitrogens with one attached hydrogen (secondary N) is 1. The molecule has 25 heavy (non-hydrogen) atoms. The molecule has 10 heteroatoms. The number of hydrogen-bond donors (Lipinski definition) is 1. The van der Waals surface area contributed by atoms with Crippen molar-refractivity contribution in [3.63, 3.8) is 0 Å². The van der Waals surface area contributed by atoms with Gasteiger partial charge in [-0.05, 0) is 26.3 Å². The number of carbonyl (C=O) groups is 2. The second-order valence-electron chi connectivity index (χ2n) is 6.29. The van der Waals surface area contributed by atoms with Crippen LogP contribution in [0, 0.1) is 17.0 Å². The number of sulfone groups is 1. The summed E-state index contributed by atoms with van der Waals surface area (Å²) in [5.74, 6) is -1.67. The van der Waals surface area contributed by atoms with Gasteiger partial charge in [0.2, 0.25) is 0 Å². The zero-order valence-corrected chi connectivity index (χ0v) is 14.6. The van der Waals surface area contributed by atoms with Gasteiger partial charge in [0, 0.05) is 11.6 Å². The lowest BCUT2D eigenvalue weighted by atomic mass is 10.0. The van der Waals surface area contributed by atoms with Gasteiger partial charge in [0.1, 0.15) is 0 Å². The molecular weight excluding hydrogens is 352 g/mol. The van der Waals surface area contributed by atoms with Gasteiger partial charge in [-0.15, -0.1) is 0 Å². The Morgan fingerprint density at radius 2 is 2.08 bits per heavy atom. The zero-order chi connectivity index (χ0) is 18.8. The molecule has 1 fully saturated rings. The summed E-state index contributed by atoms with van der Waals surface area (Å²) in [5.41, 5.74) is -0.748. The van der Waals surface area contributed by atoms with Crippen molar-refractivity contribution in [2.45, 2.75) is 25.8 Å². The third-order valence-electron chi connectivity index (χ3n) is 3.92. The molecule has 1 aliphatic rings. The first-order valence-electron chi connectivity index (χ1n) is 7.45. The Bertz CT molecular complexity index is 834. The molecule has 0 aliphatic carbocycles. The van der Waals surface area contributed by atoms with Crippen molar-refractivity contribution >= 4 is 27.4 Å². The molecule has 0 bridgehead atoms. The third kappa shape index (κ3) is 4.75. The highest BCUT2D eigenvalue weighted by Gasteiger charge is 2.39. The lowest BCUT2D eigenvalue weighted by Gasteiger charge is -2.23. The molecule has 0 radical (unpaired) electrons. The fourth-order valence-corrected chi connectivity index (χ4v) is 4.72. The van der Waals surface area contributed by atoms with Crippen LogP contribution in [0.2, 0.25) is 0 Å². The van der Waals surface area contributed by atoms with Crippen molar-refractivity contribution in [1.82, 2.24) is 5.32 Å². The van der Waals surface area contributed by atoms with Crippen LogP contribution < -0.4 is 5.32 Å². The molecule has 2 rings (SSSR count). The topological polar surface area (TPSA) is 133 Å². The van der Waals surface area contributed by atoms with Gasteiger partial charge in [-0.25, -0.2) is 13.2 Å². The van der Waals surface area contributed by atoms with Crippen molar-refractivity contribution in [1.29, 1.82) is 0 Å². The number of amides is 1. The van der Waals surface area contributed by atoms with E-state index < -0.39 is 38.8 Å². The van der Waals surface area contributed by atoms with Crippen LogP contribution in [-0.2, 0) is 19.4 Å². The number of nitro groups is 1. The van der Waals surface area contributed by atoms with Crippen LogP contribution >= 0.6 is 0 Å². The average molecular weight is 370 g/mol. The van der Waals surface area contributed by atoms with Crippen LogP contribution in [0.15, 0.2) is 18.2 Å². The SMILES string of the molecule is Cc1ccc(C(=O)OCC(=O)N[C@]2(C)CCS(=O)(=O)C2)cc1[N+](=O)[O-]. The second kappa shape index (κ2) is 6.79. The summed E-state index contributed by atoms with van der Waals surface area (Å²) >= 11 is 0. The summed E-state index contributed by atoms with van der Waals surface area (Å²) in [6.07, 6.45) is 0.291. The number of ether oxygens (including phenoxy) is 1. The maximum Gasteiger partial charge on any atom is 0.338 e. The van der Waals surface area contributed by atoms with E-state index in [1.807, 2.05) is 0 Å². The number of carbonyl (C=O) groups excluding carboxylic acids is 2. The van der Waals surface area contributed by atoms with Gasteiger partial charge in [0.05, 0.1) is 27.5 Å². The normalized spacial score (nSPS) is 21.5. The molecule has 136 valence electrons. The number of nitrogens with zero attached hydrogens (tertiary/aromatic N) is 1. The lowest BCUT2D eigenvalue weighted by Crippen LogP contribution is -2.48. The molecule has 1 aromatic carbocycles. The Kier molecular flexibility index (Phi) is 5.12. The van der Waals surface area contributed by atoms with Gasteiger partial charge in [-0.3, -0.25) is 14.9 Å². The van der Waals surface area contributed by atoms with Gasteiger partial charge in [-0.1, -0.05) is 6.07 Å². The monoisotopic (exact) mass is 370 g/mol. The van der Waals surface area contributed by atoms with Crippen LogP contribution in [-0.4, -0.2) is 48.9 Å². The summed E-state index contributed by atoms with van der Waals surface area (Å²) in [4.78, 5) is 34.1. The molecule has 1 saturated heterocycles. The van der Waals surface area contributed by atoms with Crippen LogP contribution in [0.5, 0.6) is 0 Å². The van der Waals surface area contributed by atoms with E-state index in [-0.39, 0.29) is 22.8 Å². The molecule has 0 spiro atoms. The van der Waals surface area contributed by atoms with Gasteiger partial charge in [-0.2, -0.15) is 0 Å². The van der Waals surface area contributed by atoms with Crippen molar-refractivity contribution in [2.75, 3.05) is 18.1 Å². The highest BCUT2D eigenvalue weighted by atomic mass is 32.2. The second-order valence-corrected chi connectivity index (χ2v) is 8.47. The minimum Gasteiger partial charge on any atom is -0.452 e. The quantitative estimate of drug-likeness (QED) is 0.459. The smallest absolute Gasteiger partial charge is 0.338 e. The minimum atomic E-state index is -3.18. The molecule has 1 aromatic rings. The van der Waals surface area contributed by atoms with E-state index in [4.69, 9.17) is 4.74 Å². The molecule has 9 nitrogen and oxygen atoms in total. The van der Waals surface area contributed by atoms with E-state index in [9.17, 15) is 28.1 Å². The molecule has 1 N–H and O–H groups in total. The fraction of sp³-hybridized carbons (Fsp3) is 0.467. The summed E-state index contributed by atoms with van der Waals surface area (Å²) in [6.45, 7) is 2.55. The van der Waals surface area contributed by atoms with Crippen molar-refractivity contribution in [3.05, 3.63) is 39.4 Å². The van der Waals surface area contributed by atoms with E-state index in [0.717, 1.165) is 6.07 Å². The highest BCUT2D eigenvalue weighted by molar-refractivity contribution is 7.91. The van der Waals surface area contributed by atoms with Crippen LogP contribution in [0.1, 0.15) is 29.3 Å². The Balaban J connectivity index is 1.95. The first kappa shape index (κ1) is 18.8. The molecule has 0 unspecified atom stereocenters. The van der Waals surface area contributed by atoms with Crippen LogP contribution in [0.4, 0.5) is 5.69 Å². The Morgan fingerprint density at radius 3 is 2.64 bits per heavy atom. The Labute approximate surface area is 144 Å². The maximum atomic E-state index is 11.9. The summed E-state index contributed by atoms with van der Waals surface area (Å²) in [7, 11) is -3.18. The van der Waals surface area contributed by atoms with Gasteiger partial charge >= 0.3 is 5.97 Å². The van der Waals surface area contributed by atoms with Crippen molar-refractivity contribution in [2.24, 2.45) is 0 Å². The number of rotatable bonds is 5. The largest absolute Gasteiger partial charge is 0.452 e. The summed E-state index contributed by atoms with van der Waals surface area (Å²) in [6, 6.07) is 3.87. The van der Waals surface area contributed by atoms with E-state index in [2.05, 4.69) is 5.32 Å². The third-order valence-corrected chi connectivity index (χ3v) is 5.82. The number of aryl methyl sites for hydroxylation is 1.